The van der Waals surface area contributed by atoms with E-state index in [4.69, 9.17) is 4.74 Å². The lowest BCUT2D eigenvalue weighted by Crippen LogP contribution is -2.44. The van der Waals surface area contributed by atoms with Crippen molar-refractivity contribution in [3.05, 3.63) is 28.8 Å². The predicted octanol–water partition coefficient (Wildman–Crippen LogP) is 1.36. The van der Waals surface area contributed by atoms with Crippen LogP contribution in [0, 0.1) is 0 Å². The summed E-state index contributed by atoms with van der Waals surface area (Å²) in [7, 11) is 1.64. The lowest BCUT2D eigenvalue weighted by molar-refractivity contribution is 0.0689. The van der Waals surface area contributed by atoms with Crippen molar-refractivity contribution < 1.29 is 9.53 Å². The van der Waals surface area contributed by atoms with Gasteiger partial charge in [0.05, 0.1) is 18.7 Å². The van der Waals surface area contributed by atoms with E-state index in [-0.39, 0.29) is 11.9 Å². The molecule has 4 heteroatoms. The molecule has 0 bridgehead atoms. The van der Waals surface area contributed by atoms with Crippen molar-refractivity contribution in [2.45, 2.75) is 19.4 Å². The highest BCUT2D eigenvalue weighted by Gasteiger charge is 2.40. The smallest absolute Gasteiger partial charge is 0.258 e. The number of nitrogens with one attached hydrogen (secondary N) is 1. The van der Waals surface area contributed by atoms with E-state index in [2.05, 4.69) is 18.3 Å². The fourth-order valence-electron chi connectivity index (χ4n) is 2.92. The third kappa shape index (κ3) is 1.52. The monoisotopic (exact) mass is 246 g/mol. The lowest BCUT2D eigenvalue weighted by atomic mass is 9.98. The second-order valence-electron chi connectivity index (χ2n) is 4.83. The number of amides is 1. The minimum absolute atomic E-state index is 0.121. The average Bonchev–Trinajstić information content (AvgIpc) is 2.72. The van der Waals surface area contributed by atoms with Crippen LogP contribution in [0.25, 0.3) is 0 Å². The van der Waals surface area contributed by atoms with Crippen LogP contribution in [0.3, 0.4) is 0 Å². The Labute approximate surface area is 107 Å². The van der Waals surface area contributed by atoms with Crippen molar-refractivity contribution in [3.8, 4) is 5.75 Å². The van der Waals surface area contributed by atoms with Gasteiger partial charge >= 0.3 is 0 Å². The number of hydrogen-bond donors (Lipinski definition) is 1. The number of piperazine rings is 1. The van der Waals surface area contributed by atoms with E-state index in [1.165, 1.54) is 5.56 Å². The van der Waals surface area contributed by atoms with Crippen molar-refractivity contribution in [1.82, 2.24) is 10.2 Å². The van der Waals surface area contributed by atoms with Gasteiger partial charge in [-0.05, 0) is 23.6 Å². The molecule has 0 saturated carbocycles. The van der Waals surface area contributed by atoms with Crippen molar-refractivity contribution >= 4 is 5.91 Å². The number of carbonyl (C=O) groups is 1. The Bertz CT molecular complexity index is 499. The Morgan fingerprint density at radius 1 is 1.50 bits per heavy atom. The van der Waals surface area contributed by atoms with Gasteiger partial charge in [0.15, 0.2) is 0 Å². The first kappa shape index (κ1) is 11.5. The molecule has 18 heavy (non-hydrogen) atoms. The lowest BCUT2D eigenvalue weighted by Gasteiger charge is -2.30. The SMILES string of the molecule is CCc1cc(OC)c2c(c1)[C@H]1CNCCN1C2=O. The Morgan fingerprint density at radius 2 is 2.33 bits per heavy atom. The zero-order valence-electron chi connectivity index (χ0n) is 10.8. The maximum absolute atomic E-state index is 12.4. The summed E-state index contributed by atoms with van der Waals surface area (Å²) in [5.74, 6) is 0.847. The van der Waals surface area contributed by atoms with Crippen molar-refractivity contribution in [2.75, 3.05) is 26.7 Å². The summed E-state index contributed by atoms with van der Waals surface area (Å²) >= 11 is 0. The van der Waals surface area contributed by atoms with Gasteiger partial charge in [0, 0.05) is 19.6 Å². The summed E-state index contributed by atoms with van der Waals surface area (Å²) in [6.45, 7) is 4.62. The highest BCUT2D eigenvalue weighted by atomic mass is 16.5. The summed E-state index contributed by atoms with van der Waals surface area (Å²) in [6, 6.07) is 4.33. The van der Waals surface area contributed by atoms with Gasteiger partial charge in [-0.1, -0.05) is 13.0 Å². The molecule has 2 heterocycles. The van der Waals surface area contributed by atoms with Gasteiger partial charge in [-0.25, -0.2) is 0 Å². The number of aryl methyl sites for hydroxylation is 1. The maximum Gasteiger partial charge on any atom is 0.258 e. The summed E-state index contributed by atoms with van der Waals surface area (Å²) in [4.78, 5) is 14.4. The average molecular weight is 246 g/mol. The molecule has 1 atom stereocenters. The van der Waals surface area contributed by atoms with Gasteiger partial charge in [-0.15, -0.1) is 0 Å². The Balaban J connectivity index is 2.15. The molecule has 1 aromatic carbocycles. The number of fused-ring (bicyclic) bond motifs is 3. The van der Waals surface area contributed by atoms with Crippen LogP contribution in [0.2, 0.25) is 0 Å². The molecule has 1 fully saturated rings. The van der Waals surface area contributed by atoms with Gasteiger partial charge in [-0.3, -0.25) is 4.79 Å². The standard InChI is InChI=1S/C14H18N2O2/c1-3-9-6-10-11-8-15-4-5-16(11)14(17)13(10)12(7-9)18-2/h6-7,11,15H,3-5,8H2,1-2H3/t11-/m1/s1. The highest BCUT2D eigenvalue weighted by Crippen LogP contribution is 2.40. The minimum Gasteiger partial charge on any atom is -0.496 e. The normalized spacial score (nSPS) is 21.8. The number of ether oxygens (including phenoxy) is 1. The summed E-state index contributed by atoms with van der Waals surface area (Å²) in [5.41, 5.74) is 3.12. The first-order chi connectivity index (χ1) is 8.76. The quantitative estimate of drug-likeness (QED) is 0.856. The first-order valence-corrected chi connectivity index (χ1v) is 6.48. The number of benzene rings is 1. The largest absolute Gasteiger partial charge is 0.496 e. The zero-order chi connectivity index (χ0) is 12.7. The maximum atomic E-state index is 12.4. The molecule has 1 N–H and O–H groups in total. The molecule has 1 saturated heterocycles. The molecule has 0 aromatic heterocycles. The van der Waals surface area contributed by atoms with Crippen LogP contribution in [0.5, 0.6) is 5.75 Å². The Hall–Kier alpha value is -1.55. The van der Waals surface area contributed by atoms with E-state index in [0.717, 1.165) is 42.9 Å². The molecule has 0 spiro atoms. The van der Waals surface area contributed by atoms with Crippen molar-refractivity contribution in [1.29, 1.82) is 0 Å². The topological polar surface area (TPSA) is 41.6 Å². The third-order valence-electron chi connectivity index (χ3n) is 3.90. The number of nitrogens with zero attached hydrogens (tertiary/aromatic N) is 1. The highest BCUT2D eigenvalue weighted by molar-refractivity contribution is 6.02. The molecule has 0 aliphatic carbocycles. The van der Waals surface area contributed by atoms with E-state index < -0.39 is 0 Å². The molecule has 0 radical (unpaired) electrons. The van der Waals surface area contributed by atoms with Gasteiger partial charge in [0.2, 0.25) is 0 Å². The number of methoxy groups -OCH3 is 1. The van der Waals surface area contributed by atoms with Gasteiger partial charge in [0.1, 0.15) is 5.75 Å². The van der Waals surface area contributed by atoms with Gasteiger partial charge in [0.25, 0.3) is 5.91 Å². The Morgan fingerprint density at radius 3 is 3.06 bits per heavy atom. The van der Waals surface area contributed by atoms with Gasteiger partial charge < -0.3 is 15.0 Å². The number of rotatable bonds is 2. The second-order valence-corrected chi connectivity index (χ2v) is 4.83. The molecule has 1 amide bonds. The molecule has 0 unspecified atom stereocenters. The molecule has 3 rings (SSSR count). The molecular weight excluding hydrogens is 228 g/mol. The van der Waals surface area contributed by atoms with E-state index in [9.17, 15) is 4.79 Å². The minimum atomic E-state index is 0.121. The first-order valence-electron chi connectivity index (χ1n) is 6.48. The third-order valence-corrected chi connectivity index (χ3v) is 3.90. The molecule has 96 valence electrons. The van der Waals surface area contributed by atoms with E-state index in [1.54, 1.807) is 7.11 Å². The summed E-state index contributed by atoms with van der Waals surface area (Å²) in [5, 5.41) is 3.36. The molecule has 2 aliphatic heterocycles. The van der Waals surface area contributed by atoms with Crippen LogP contribution in [0.1, 0.15) is 34.5 Å². The van der Waals surface area contributed by atoms with Crippen LogP contribution in [0.15, 0.2) is 12.1 Å². The van der Waals surface area contributed by atoms with E-state index >= 15 is 0 Å². The molecule has 4 nitrogen and oxygen atoms in total. The van der Waals surface area contributed by atoms with Gasteiger partial charge in [-0.2, -0.15) is 0 Å². The fourth-order valence-corrected chi connectivity index (χ4v) is 2.92. The van der Waals surface area contributed by atoms with Crippen molar-refractivity contribution in [3.63, 3.8) is 0 Å². The van der Waals surface area contributed by atoms with E-state index in [0.29, 0.717) is 0 Å². The second kappa shape index (κ2) is 4.28. The van der Waals surface area contributed by atoms with Crippen LogP contribution >= 0.6 is 0 Å². The van der Waals surface area contributed by atoms with Crippen molar-refractivity contribution in [2.24, 2.45) is 0 Å². The zero-order valence-corrected chi connectivity index (χ0v) is 10.8. The van der Waals surface area contributed by atoms with Crippen LogP contribution in [-0.2, 0) is 6.42 Å². The number of hydrogen-bond acceptors (Lipinski definition) is 3. The van der Waals surface area contributed by atoms with Crippen LogP contribution in [0.4, 0.5) is 0 Å². The predicted molar refractivity (Wildman–Crippen MR) is 69.0 cm³/mol. The Kier molecular flexibility index (Phi) is 2.74. The fraction of sp³-hybridized carbons (Fsp3) is 0.500. The molecule has 2 aliphatic rings. The summed E-state index contributed by atoms with van der Waals surface area (Å²) < 4.78 is 5.41. The molecular formula is C14H18N2O2. The summed E-state index contributed by atoms with van der Waals surface area (Å²) in [6.07, 6.45) is 0.956. The molecule has 1 aromatic rings. The van der Waals surface area contributed by atoms with Crippen LogP contribution < -0.4 is 10.1 Å². The number of carbonyl (C=O) groups excluding carboxylic acids is 1. The van der Waals surface area contributed by atoms with E-state index in [1.807, 2.05) is 11.0 Å². The van der Waals surface area contributed by atoms with Crippen LogP contribution in [-0.4, -0.2) is 37.6 Å².